The minimum atomic E-state index is -0.976. The van der Waals surface area contributed by atoms with Crippen LogP contribution in [0.3, 0.4) is 0 Å². The highest BCUT2D eigenvalue weighted by Crippen LogP contribution is 2.27. The van der Waals surface area contributed by atoms with Gasteiger partial charge in [-0.25, -0.2) is 4.79 Å². The zero-order valence-corrected chi connectivity index (χ0v) is 12.1. The molecule has 0 amide bonds. The Kier molecular flexibility index (Phi) is 5.01. The van der Waals surface area contributed by atoms with Gasteiger partial charge in [0.15, 0.2) is 0 Å². The van der Waals surface area contributed by atoms with Crippen LogP contribution in [-0.4, -0.2) is 24.3 Å². The monoisotopic (exact) mass is 278 g/mol. The van der Waals surface area contributed by atoms with E-state index in [2.05, 4.69) is 6.92 Å². The molecule has 0 radical (unpaired) electrons. The Morgan fingerprint density at radius 3 is 2.60 bits per heavy atom. The standard InChI is InChI=1S/C16H22O4/c1-11-3-6-13(7-4-11)20-10-12-5-8-14(16(17)18)15(9-12)19-2/h5,8-9,11,13H,3-4,6-7,10H2,1-2H3,(H,17,18). The summed E-state index contributed by atoms with van der Waals surface area (Å²) in [6.45, 7) is 2.79. The van der Waals surface area contributed by atoms with E-state index in [1.165, 1.54) is 20.0 Å². The van der Waals surface area contributed by atoms with Crippen molar-refractivity contribution in [1.82, 2.24) is 0 Å². The van der Waals surface area contributed by atoms with Gasteiger partial charge in [-0.15, -0.1) is 0 Å². The number of carboxylic acid groups (broad SMARTS) is 1. The third-order valence-electron chi connectivity index (χ3n) is 3.94. The minimum Gasteiger partial charge on any atom is -0.496 e. The summed E-state index contributed by atoms with van der Waals surface area (Å²) in [5, 5.41) is 9.03. The maximum absolute atomic E-state index is 11.0. The largest absolute Gasteiger partial charge is 0.496 e. The molecule has 0 atom stereocenters. The summed E-state index contributed by atoms with van der Waals surface area (Å²) < 4.78 is 11.0. The number of hydrogen-bond donors (Lipinski definition) is 1. The first-order valence-corrected chi connectivity index (χ1v) is 7.12. The van der Waals surface area contributed by atoms with E-state index in [9.17, 15) is 4.79 Å². The van der Waals surface area contributed by atoms with Crippen LogP contribution in [0, 0.1) is 5.92 Å². The summed E-state index contributed by atoms with van der Waals surface area (Å²) in [6, 6.07) is 5.11. The van der Waals surface area contributed by atoms with E-state index < -0.39 is 5.97 Å². The number of aromatic carboxylic acids is 1. The van der Waals surface area contributed by atoms with Gasteiger partial charge in [-0.1, -0.05) is 13.0 Å². The molecule has 4 nitrogen and oxygen atoms in total. The highest BCUT2D eigenvalue weighted by atomic mass is 16.5. The molecule has 0 bridgehead atoms. The van der Waals surface area contributed by atoms with Gasteiger partial charge in [-0.3, -0.25) is 0 Å². The fourth-order valence-corrected chi connectivity index (χ4v) is 2.61. The number of rotatable bonds is 5. The van der Waals surface area contributed by atoms with E-state index in [-0.39, 0.29) is 5.56 Å². The zero-order chi connectivity index (χ0) is 14.5. The fraction of sp³-hybridized carbons (Fsp3) is 0.562. The van der Waals surface area contributed by atoms with Crippen LogP contribution in [0.2, 0.25) is 0 Å². The lowest BCUT2D eigenvalue weighted by Crippen LogP contribution is -2.20. The second-order valence-corrected chi connectivity index (χ2v) is 5.53. The van der Waals surface area contributed by atoms with Gasteiger partial charge < -0.3 is 14.6 Å². The zero-order valence-electron chi connectivity index (χ0n) is 12.1. The number of carboxylic acids is 1. The normalized spacial score (nSPS) is 22.5. The molecule has 0 aliphatic heterocycles. The molecular weight excluding hydrogens is 256 g/mol. The van der Waals surface area contributed by atoms with Gasteiger partial charge in [0.25, 0.3) is 0 Å². The molecule has 0 heterocycles. The second kappa shape index (κ2) is 6.75. The first-order valence-electron chi connectivity index (χ1n) is 7.12. The molecule has 1 fully saturated rings. The molecule has 0 spiro atoms. The van der Waals surface area contributed by atoms with Crippen LogP contribution in [0.25, 0.3) is 0 Å². The Morgan fingerprint density at radius 2 is 2.00 bits per heavy atom. The molecule has 0 saturated heterocycles. The molecule has 1 aliphatic carbocycles. The van der Waals surface area contributed by atoms with Gasteiger partial charge in [-0.2, -0.15) is 0 Å². The van der Waals surface area contributed by atoms with Crippen LogP contribution in [0.4, 0.5) is 0 Å². The van der Waals surface area contributed by atoms with Gasteiger partial charge in [0.2, 0.25) is 0 Å². The van der Waals surface area contributed by atoms with Crippen molar-refractivity contribution in [2.24, 2.45) is 5.92 Å². The summed E-state index contributed by atoms with van der Waals surface area (Å²) in [7, 11) is 1.48. The molecule has 0 aromatic heterocycles. The van der Waals surface area contributed by atoms with Crippen molar-refractivity contribution in [2.75, 3.05) is 7.11 Å². The molecule has 110 valence electrons. The Hall–Kier alpha value is -1.55. The number of benzene rings is 1. The Bertz CT molecular complexity index is 462. The van der Waals surface area contributed by atoms with Crippen LogP contribution in [0.15, 0.2) is 18.2 Å². The molecule has 4 heteroatoms. The molecular formula is C16H22O4. The van der Waals surface area contributed by atoms with Crippen LogP contribution in [0.1, 0.15) is 48.5 Å². The molecule has 2 rings (SSSR count). The summed E-state index contributed by atoms with van der Waals surface area (Å²) in [5.74, 6) is 0.219. The maximum atomic E-state index is 11.0. The Morgan fingerprint density at radius 1 is 1.30 bits per heavy atom. The van der Waals surface area contributed by atoms with E-state index in [1.54, 1.807) is 18.2 Å². The molecule has 0 unspecified atom stereocenters. The van der Waals surface area contributed by atoms with Gasteiger partial charge in [-0.05, 0) is 49.3 Å². The van der Waals surface area contributed by atoms with Gasteiger partial charge in [0, 0.05) is 0 Å². The lowest BCUT2D eigenvalue weighted by molar-refractivity contribution is 0.00869. The maximum Gasteiger partial charge on any atom is 0.339 e. The fourth-order valence-electron chi connectivity index (χ4n) is 2.61. The highest BCUT2D eigenvalue weighted by molar-refractivity contribution is 5.90. The first-order chi connectivity index (χ1) is 9.60. The van der Waals surface area contributed by atoms with Crippen LogP contribution in [0.5, 0.6) is 5.75 Å². The molecule has 20 heavy (non-hydrogen) atoms. The van der Waals surface area contributed by atoms with Crippen molar-refractivity contribution in [3.63, 3.8) is 0 Å². The lowest BCUT2D eigenvalue weighted by Gasteiger charge is -2.26. The number of methoxy groups -OCH3 is 1. The predicted molar refractivity (Wildman–Crippen MR) is 76.2 cm³/mol. The topological polar surface area (TPSA) is 55.8 Å². The van der Waals surface area contributed by atoms with E-state index in [1.807, 2.05) is 0 Å². The molecule has 1 saturated carbocycles. The molecule has 1 aliphatic rings. The number of carbonyl (C=O) groups is 1. The smallest absolute Gasteiger partial charge is 0.339 e. The summed E-state index contributed by atoms with van der Waals surface area (Å²) in [4.78, 5) is 11.0. The third-order valence-corrected chi connectivity index (χ3v) is 3.94. The van der Waals surface area contributed by atoms with E-state index in [4.69, 9.17) is 14.6 Å². The second-order valence-electron chi connectivity index (χ2n) is 5.53. The van der Waals surface area contributed by atoms with Gasteiger partial charge in [0.05, 0.1) is 19.8 Å². The summed E-state index contributed by atoms with van der Waals surface area (Å²) in [5.41, 5.74) is 1.13. The SMILES string of the molecule is COc1cc(COC2CCC(C)CC2)ccc1C(=O)O. The third kappa shape index (κ3) is 3.73. The van der Waals surface area contributed by atoms with Crippen molar-refractivity contribution in [2.45, 2.75) is 45.3 Å². The summed E-state index contributed by atoms with van der Waals surface area (Å²) >= 11 is 0. The van der Waals surface area contributed by atoms with E-state index >= 15 is 0 Å². The average Bonchev–Trinajstić information content (AvgIpc) is 2.46. The average molecular weight is 278 g/mol. The van der Waals surface area contributed by atoms with Gasteiger partial charge in [0.1, 0.15) is 11.3 Å². The Labute approximate surface area is 119 Å². The van der Waals surface area contributed by atoms with Crippen molar-refractivity contribution < 1.29 is 19.4 Å². The summed E-state index contributed by atoms with van der Waals surface area (Å²) in [6.07, 6.45) is 5.02. The van der Waals surface area contributed by atoms with E-state index in [0.717, 1.165) is 24.3 Å². The lowest BCUT2D eigenvalue weighted by atomic mass is 9.89. The van der Waals surface area contributed by atoms with Crippen LogP contribution < -0.4 is 4.74 Å². The Balaban J connectivity index is 1.94. The molecule has 1 N–H and O–H groups in total. The first kappa shape index (κ1) is 14.9. The number of ether oxygens (including phenoxy) is 2. The van der Waals surface area contributed by atoms with E-state index in [0.29, 0.717) is 18.5 Å². The quantitative estimate of drug-likeness (QED) is 0.895. The molecule has 1 aromatic rings. The van der Waals surface area contributed by atoms with Crippen molar-refractivity contribution in [3.8, 4) is 5.75 Å². The highest BCUT2D eigenvalue weighted by Gasteiger charge is 2.19. The van der Waals surface area contributed by atoms with Crippen molar-refractivity contribution >= 4 is 5.97 Å². The minimum absolute atomic E-state index is 0.183. The predicted octanol–water partition coefficient (Wildman–Crippen LogP) is 3.49. The van der Waals surface area contributed by atoms with Gasteiger partial charge >= 0.3 is 5.97 Å². The molecule has 1 aromatic carbocycles. The number of hydrogen-bond acceptors (Lipinski definition) is 3. The van der Waals surface area contributed by atoms with Crippen LogP contribution in [-0.2, 0) is 11.3 Å². The van der Waals surface area contributed by atoms with Crippen molar-refractivity contribution in [1.29, 1.82) is 0 Å². The van der Waals surface area contributed by atoms with Crippen molar-refractivity contribution in [3.05, 3.63) is 29.3 Å². The van der Waals surface area contributed by atoms with Crippen LogP contribution >= 0.6 is 0 Å².